The molecule has 1 saturated carbocycles. The zero-order valence-electron chi connectivity index (χ0n) is 11.8. The van der Waals surface area contributed by atoms with E-state index in [-0.39, 0.29) is 0 Å². The molecule has 0 amide bonds. The smallest absolute Gasteiger partial charge is 0.226 e. The van der Waals surface area contributed by atoms with Crippen molar-refractivity contribution >= 4 is 11.8 Å². The van der Waals surface area contributed by atoms with Gasteiger partial charge in [-0.2, -0.15) is 4.98 Å². The molecule has 1 aromatic rings. The minimum absolute atomic E-state index is 0.540. The summed E-state index contributed by atoms with van der Waals surface area (Å²) in [6.07, 6.45) is 5.73. The van der Waals surface area contributed by atoms with Crippen LogP contribution in [0.4, 0.5) is 11.8 Å². The molecule has 0 radical (unpaired) electrons. The number of hydrogen-bond donors (Lipinski definition) is 1. The van der Waals surface area contributed by atoms with Crippen LogP contribution in [0, 0.1) is 11.8 Å². The lowest BCUT2D eigenvalue weighted by molar-refractivity contribution is 0.253. The predicted octanol–water partition coefficient (Wildman–Crippen LogP) is 2.78. The van der Waals surface area contributed by atoms with Gasteiger partial charge in [0.1, 0.15) is 5.82 Å². The second-order valence-corrected chi connectivity index (χ2v) is 5.65. The molecule has 0 saturated heterocycles. The SMILES string of the molecule is CC1CCCC(Nc2ccnc(N(C)C)n2)C1C. The highest BCUT2D eigenvalue weighted by molar-refractivity contribution is 5.41. The standard InChI is InChI=1S/C14H24N4/c1-10-6-5-7-12(11(10)2)16-13-8-9-15-14(17-13)18(3)4/h8-12H,5-7H2,1-4H3,(H,15,16,17). The lowest BCUT2D eigenvalue weighted by atomic mass is 9.78. The van der Waals surface area contributed by atoms with Crippen LogP contribution in [0.15, 0.2) is 12.3 Å². The summed E-state index contributed by atoms with van der Waals surface area (Å²) in [5, 5.41) is 3.58. The van der Waals surface area contributed by atoms with E-state index in [4.69, 9.17) is 0 Å². The Morgan fingerprint density at radius 3 is 2.78 bits per heavy atom. The van der Waals surface area contributed by atoms with Crippen LogP contribution in [-0.4, -0.2) is 30.1 Å². The Kier molecular flexibility index (Phi) is 4.04. The van der Waals surface area contributed by atoms with Gasteiger partial charge in [-0.3, -0.25) is 0 Å². The molecular formula is C14H24N4. The van der Waals surface area contributed by atoms with Gasteiger partial charge in [0.25, 0.3) is 0 Å². The molecule has 4 heteroatoms. The molecule has 0 bridgehead atoms. The third kappa shape index (κ3) is 2.92. The zero-order valence-corrected chi connectivity index (χ0v) is 11.8. The first-order chi connectivity index (χ1) is 8.58. The van der Waals surface area contributed by atoms with Gasteiger partial charge in [-0.05, 0) is 24.3 Å². The molecule has 2 rings (SSSR count). The van der Waals surface area contributed by atoms with Crippen LogP contribution in [0.1, 0.15) is 33.1 Å². The van der Waals surface area contributed by atoms with Gasteiger partial charge in [0.15, 0.2) is 0 Å². The van der Waals surface area contributed by atoms with Crippen molar-refractivity contribution in [2.75, 3.05) is 24.3 Å². The van der Waals surface area contributed by atoms with Crippen molar-refractivity contribution in [2.24, 2.45) is 11.8 Å². The summed E-state index contributed by atoms with van der Waals surface area (Å²) in [6, 6.07) is 2.50. The fraction of sp³-hybridized carbons (Fsp3) is 0.714. The van der Waals surface area contributed by atoms with Gasteiger partial charge >= 0.3 is 0 Å². The summed E-state index contributed by atoms with van der Waals surface area (Å²) in [6.45, 7) is 4.69. The molecule has 1 aromatic heterocycles. The summed E-state index contributed by atoms with van der Waals surface area (Å²) in [7, 11) is 3.93. The molecule has 0 aromatic carbocycles. The first kappa shape index (κ1) is 13.1. The second kappa shape index (κ2) is 5.55. The van der Waals surface area contributed by atoms with Gasteiger partial charge < -0.3 is 10.2 Å². The van der Waals surface area contributed by atoms with Crippen LogP contribution in [-0.2, 0) is 0 Å². The highest BCUT2D eigenvalue weighted by Gasteiger charge is 2.27. The summed E-state index contributed by atoms with van der Waals surface area (Å²) in [4.78, 5) is 10.7. The van der Waals surface area contributed by atoms with E-state index in [9.17, 15) is 0 Å². The molecule has 1 aliphatic rings. The molecule has 0 aliphatic heterocycles. The van der Waals surface area contributed by atoms with Crippen molar-refractivity contribution in [1.29, 1.82) is 0 Å². The fourth-order valence-electron chi connectivity index (χ4n) is 2.62. The largest absolute Gasteiger partial charge is 0.367 e. The average molecular weight is 248 g/mol. The molecule has 3 atom stereocenters. The first-order valence-electron chi connectivity index (χ1n) is 6.85. The van der Waals surface area contributed by atoms with Crippen LogP contribution >= 0.6 is 0 Å². The highest BCUT2D eigenvalue weighted by atomic mass is 15.2. The monoisotopic (exact) mass is 248 g/mol. The Labute approximate surface area is 110 Å². The molecule has 100 valence electrons. The molecule has 18 heavy (non-hydrogen) atoms. The number of rotatable bonds is 3. The molecule has 4 nitrogen and oxygen atoms in total. The van der Waals surface area contributed by atoms with Crippen LogP contribution in [0.25, 0.3) is 0 Å². The Hall–Kier alpha value is -1.32. The van der Waals surface area contributed by atoms with E-state index >= 15 is 0 Å². The van der Waals surface area contributed by atoms with Crippen molar-refractivity contribution in [3.63, 3.8) is 0 Å². The normalized spacial score (nSPS) is 27.9. The minimum Gasteiger partial charge on any atom is -0.367 e. The first-order valence-corrected chi connectivity index (χ1v) is 6.85. The Morgan fingerprint density at radius 2 is 2.06 bits per heavy atom. The molecule has 0 spiro atoms. The fourth-order valence-corrected chi connectivity index (χ4v) is 2.62. The third-order valence-electron chi connectivity index (χ3n) is 4.08. The van der Waals surface area contributed by atoms with Crippen molar-refractivity contribution < 1.29 is 0 Å². The summed E-state index contributed by atoms with van der Waals surface area (Å²) >= 11 is 0. The maximum atomic E-state index is 4.53. The van der Waals surface area contributed by atoms with E-state index in [1.807, 2.05) is 31.3 Å². The lowest BCUT2D eigenvalue weighted by Gasteiger charge is -2.35. The Morgan fingerprint density at radius 1 is 1.28 bits per heavy atom. The van der Waals surface area contributed by atoms with E-state index in [2.05, 4.69) is 29.1 Å². The third-order valence-corrected chi connectivity index (χ3v) is 4.08. The van der Waals surface area contributed by atoms with Crippen LogP contribution < -0.4 is 10.2 Å². The zero-order chi connectivity index (χ0) is 13.1. The van der Waals surface area contributed by atoms with Gasteiger partial charge in [0, 0.05) is 26.3 Å². The van der Waals surface area contributed by atoms with Crippen molar-refractivity contribution in [3.05, 3.63) is 12.3 Å². The quantitative estimate of drug-likeness (QED) is 0.893. The topological polar surface area (TPSA) is 41.1 Å². The van der Waals surface area contributed by atoms with E-state index in [1.54, 1.807) is 0 Å². The van der Waals surface area contributed by atoms with Crippen molar-refractivity contribution in [1.82, 2.24) is 9.97 Å². The van der Waals surface area contributed by atoms with Gasteiger partial charge in [-0.15, -0.1) is 0 Å². The van der Waals surface area contributed by atoms with Crippen LogP contribution in [0.5, 0.6) is 0 Å². The van der Waals surface area contributed by atoms with E-state index < -0.39 is 0 Å². The van der Waals surface area contributed by atoms with E-state index in [0.29, 0.717) is 12.0 Å². The second-order valence-electron chi connectivity index (χ2n) is 5.65. The predicted molar refractivity (Wildman–Crippen MR) is 75.9 cm³/mol. The number of aromatic nitrogens is 2. The number of nitrogens with zero attached hydrogens (tertiary/aromatic N) is 3. The molecule has 3 unspecified atom stereocenters. The highest BCUT2D eigenvalue weighted by Crippen LogP contribution is 2.31. The van der Waals surface area contributed by atoms with Crippen LogP contribution in [0.2, 0.25) is 0 Å². The molecule has 1 fully saturated rings. The average Bonchev–Trinajstić information content (AvgIpc) is 2.35. The van der Waals surface area contributed by atoms with Gasteiger partial charge in [0.2, 0.25) is 5.95 Å². The minimum atomic E-state index is 0.540. The number of anilines is 2. The number of nitrogens with one attached hydrogen (secondary N) is 1. The molecule has 1 N–H and O–H groups in total. The summed E-state index contributed by atoms with van der Waals surface area (Å²) in [5.41, 5.74) is 0. The van der Waals surface area contributed by atoms with Crippen molar-refractivity contribution in [2.45, 2.75) is 39.2 Å². The summed E-state index contributed by atoms with van der Waals surface area (Å²) < 4.78 is 0. The summed E-state index contributed by atoms with van der Waals surface area (Å²) in [5.74, 6) is 3.21. The Balaban J connectivity index is 2.06. The van der Waals surface area contributed by atoms with Gasteiger partial charge in [0.05, 0.1) is 0 Å². The molecular weight excluding hydrogens is 224 g/mol. The number of hydrogen-bond acceptors (Lipinski definition) is 4. The maximum absolute atomic E-state index is 4.53. The Bertz CT molecular complexity index is 391. The maximum Gasteiger partial charge on any atom is 0.226 e. The van der Waals surface area contributed by atoms with E-state index in [0.717, 1.165) is 17.7 Å². The van der Waals surface area contributed by atoms with E-state index in [1.165, 1.54) is 19.3 Å². The van der Waals surface area contributed by atoms with Crippen molar-refractivity contribution in [3.8, 4) is 0 Å². The lowest BCUT2D eigenvalue weighted by Crippen LogP contribution is -2.35. The molecule has 1 heterocycles. The van der Waals surface area contributed by atoms with Crippen LogP contribution in [0.3, 0.4) is 0 Å². The van der Waals surface area contributed by atoms with Gasteiger partial charge in [-0.1, -0.05) is 26.7 Å². The van der Waals surface area contributed by atoms with Gasteiger partial charge in [-0.25, -0.2) is 4.98 Å². The molecule has 1 aliphatic carbocycles.